The highest BCUT2D eigenvalue weighted by molar-refractivity contribution is 5.99. The molecule has 2 aliphatic rings. The summed E-state index contributed by atoms with van der Waals surface area (Å²) >= 11 is 0. The van der Waals surface area contributed by atoms with Crippen molar-refractivity contribution in [3.8, 4) is 0 Å². The van der Waals surface area contributed by atoms with Crippen LogP contribution in [0.1, 0.15) is 29.6 Å². The van der Waals surface area contributed by atoms with Gasteiger partial charge in [0.15, 0.2) is 0 Å². The van der Waals surface area contributed by atoms with Crippen molar-refractivity contribution in [1.29, 1.82) is 0 Å². The zero-order chi connectivity index (χ0) is 19.2. The number of para-hydroxylation sites is 1. The summed E-state index contributed by atoms with van der Waals surface area (Å²) in [6.45, 7) is 3.58. The fourth-order valence-corrected chi connectivity index (χ4v) is 3.95. The number of morpholine rings is 1. The lowest BCUT2D eigenvalue weighted by molar-refractivity contribution is -0.121. The van der Waals surface area contributed by atoms with E-state index in [9.17, 15) is 9.59 Å². The predicted octanol–water partition coefficient (Wildman–Crippen LogP) is 0.852. The Hall–Kier alpha value is -2.12. The molecule has 0 aromatic heterocycles. The van der Waals surface area contributed by atoms with E-state index in [0.717, 1.165) is 31.6 Å². The normalized spacial score (nSPS) is 23.3. The smallest absolute Gasteiger partial charge is 0.253 e. The molecule has 7 heteroatoms. The first-order valence-corrected chi connectivity index (χ1v) is 9.72. The molecule has 2 amide bonds. The van der Waals surface area contributed by atoms with Crippen LogP contribution in [0.25, 0.3) is 0 Å². The van der Waals surface area contributed by atoms with Crippen molar-refractivity contribution < 1.29 is 14.3 Å². The first-order valence-electron chi connectivity index (χ1n) is 9.72. The number of carbonyl (C=O) groups excluding carboxylic acids is 2. The van der Waals surface area contributed by atoms with E-state index in [1.807, 2.05) is 31.3 Å². The number of carbonyl (C=O) groups is 2. The van der Waals surface area contributed by atoms with Gasteiger partial charge in [-0.3, -0.25) is 14.5 Å². The first-order chi connectivity index (χ1) is 13.1. The Morgan fingerprint density at radius 2 is 1.85 bits per heavy atom. The highest BCUT2D eigenvalue weighted by atomic mass is 16.5. The Morgan fingerprint density at radius 1 is 1.15 bits per heavy atom. The Labute approximate surface area is 161 Å². The zero-order valence-electron chi connectivity index (χ0n) is 16.2. The van der Waals surface area contributed by atoms with Gasteiger partial charge in [-0.05, 0) is 32.0 Å². The molecule has 0 spiro atoms. The molecule has 0 saturated carbocycles. The average molecular weight is 374 g/mol. The number of ether oxygens (including phenoxy) is 1. The molecule has 3 rings (SSSR count). The average Bonchev–Trinajstić information content (AvgIpc) is 3.06. The van der Waals surface area contributed by atoms with Gasteiger partial charge in [-0.25, -0.2) is 0 Å². The van der Waals surface area contributed by atoms with E-state index in [4.69, 9.17) is 4.74 Å². The van der Waals surface area contributed by atoms with Crippen LogP contribution in [0.5, 0.6) is 0 Å². The minimum Gasteiger partial charge on any atom is -0.378 e. The lowest BCUT2D eigenvalue weighted by Gasteiger charge is -2.30. The van der Waals surface area contributed by atoms with Crippen molar-refractivity contribution in [3.05, 3.63) is 29.8 Å². The van der Waals surface area contributed by atoms with Crippen LogP contribution in [-0.4, -0.2) is 75.7 Å². The Bertz CT molecular complexity index is 660. The van der Waals surface area contributed by atoms with Crippen LogP contribution in [0.15, 0.2) is 24.3 Å². The molecule has 2 N–H and O–H groups in total. The fourth-order valence-electron chi connectivity index (χ4n) is 3.95. The van der Waals surface area contributed by atoms with Crippen molar-refractivity contribution in [2.24, 2.45) is 0 Å². The molecule has 1 aromatic carbocycles. The number of benzene rings is 1. The number of amides is 2. The van der Waals surface area contributed by atoms with Crippen LogP contribution >= 0.6 is 0 Å². The number of rotatable bonds is 6. The summed E-state index contributed by atoms with van der Waals surface area (Å²) in [5.74, 6) is 0.0243. The Morgan fingerprint density at radius 3 is 2.59 bits per heavy atom. The van der Waals surface area contributed by atoms with Crippen molar-refractivity contribution in [3.63, 3.8) is 0 Å². The molecular weight excluding hydrogens is 344 g/mol. The van der Waals surface area contributed by atoms with E-state index in [1.54, 1.807) is 7.05 Å². The maximum absolute atomic E-state index is 12.8. The summed E-state index contributed by atoms with van der Waals surface area (Å²) in [5, 5.41) is 5.79. The van der Waals surface area contributed by atoms with E-state index < -0.39 is 0 Å². The molecule has 2 heterocycles. The first kappa shape index (κ1) is 19.6. The molecular formula is C20H30N4O3. The van der Waals surface area contributed by atoms with Gasteiger partial charge in [0.2, 0.25) is 5.91 Å². The molecule has 2 fully saturated rings. The quantitative estimate of drug-likeness (QED) is 0.772. The van der Waals surface area contributed by atoms with Gasteiger partial charge in [0.1, 0.15) is 0 Å². The highest BCUT2D eigenvalue weighted by Gasteiger charge is 2.32. The lowest BCUT2D eigenvalue weighted by atomic mass is 10.1. The number of anilines is 1. The van der Waals surface area contributed by atoms with Gasteiger partial charge in [0.25, 0.3) is 5.91 Å². The fraction of sp³-hybridized carbons (Fsp3) is 0.600. The molecule has 27 heavy (non-hydrogen) atoms. The maximum Gasteiger partial charge on any atom is 0.253 e. The Kier molecular flexibility index (Phi) is 6.68. The molecule has 2 atom stereocenters. The van der Waals surface area contributed by atoms with Crippen LogP contribution in [0.3, 0.4) is 0 Å². The largest absolute Gasteiger partial charge is 0.378 e. The molecule has 0 bridgehead atoms. The summed E-state index contributed by atoms with van der Waals surface area (Å²) in [5.41, 5.74) is 1.68. The maximum atomic E-state index is 12.8. The van der Waals surface area contributed by atoms with Crippen LogP contribution in [-0.2, 0) is 9.53 Å². The minimum absolute atomic E-state index is 0.0414. The minimum atomic E-state index is -0.0414. The number of likely N-dealkylation sites (N-methyl/N-ethyl adjacent to an activating group) is 1. The molecule has 2 aliphatic heterocycles. The molecule has 2 saturated heterocycles. The van der Waals surface area contributed by atoms with E-state index in [0.29, 0.717) is 31.7 Å². The summed E-state index contributed by atoms with van der Waals surface area (Å²) in [6, 6.07) is 8.26. The summed E-state index contributed by atoms with van der Waals surface area (Å²) in [4.78, 5) is 28.9. The molecule has 0 radical (unpaired) electrons. The van der Waals surface area contributed by atoms with Crippen LogP contribution in [0.2, 0.25) is 0 Å². The summed E-state index contributed by atoms with van der Waals surface area (Å²) < 4.78 is 5.42. The van der Waals surface area contributed by atoms with Gasteiger partial charge < -0.3 is 20.3 Å². The molecule has 7 nitrogen and oxygen atoms in total. The van der Waals surface area contributed by atoms with Gasteiger partial charge in [-0.1, -0.05) is 12.1 Å². The third-order valence-electron chi connectivity index (χ3n) is 5.68. The number of nitrogens with zero attached hydrogens (tertiary/aromatic N) is 2. The van der Waals surface area contributed by atoms with Gasteiger partial charge in [-0.15, -0.1) is 0 Å². The van der Waals surface area contributed by atoms with Crippen LogP contribution < -0.4 is 15.5 Å². The highest BCUT2D eigenvalue weighted by Crippen LogP contribution is 2.25. The molecule has 1 aromatic rings. The van der Waals surface area contributed by atoms with Crippen LogP contribution in [0, 0.1) is 0 Å². The van der Waals surface area contributed by atoms with Crippen molar-refractivity contribution in [2.75, 3.05) is 51.8 Å². The topological polar surface area (TPSA) is 73.9 Å². The number of hydrogen-bond donors (Lipinski definition) is 2. The summed E-state index contributed by atoms with van der Waals surface area (Å²) in [7, 11) is 3.71. The second-order valence-electron chi connectivity index (χ2n) is 7.25. The van der Waals surface area contributed by atoms with Crippen molar-refractivity contribution in [1.82, 2.24) is 15.5 Å². The van der Waals surface area contributed by atoms with E-state index in [-0.39, 0.29) is 23.9 Å². The SMILES string of the molecule is CNC(=O)C[C@H]1CC[C@@H](CNC(=O)c2ccccc2N2CCOCC2)N1C. The van der Waals surface area contributed by atoms with Crippen molar-refractivity contribution >= 4 is 17.5 Å². The second kappa shape index (κ2) is 9.19. The standard InChI is InChI=1S/C20H30N4O3/c1-21-19(25)13-15-7-8-16(23(15)2)14-22-20(26)17-5-3-4-6-18(17)24-9-11-27-12-10-24/h3-6,15-16H,7-14H2,1-2H3,(H,21,25)(H,22,26)/t15-,16+/m1/s1. The molecule has 148 valence electrons. The van der Waals surface area contributed by atoms with Gasteiger partial charge in [-0.2, -0.15) is 0 Å². The Balaban J connectivity index is 1.58. The van der Waals surface area contributed by atoms with Gasteiger partial charge in [0.05, 0.1) is 18.8 Å². The molecule has 0 unspecified atom stereocenters. The lowest BCUT2D eigenvalue weighted by Crippen LogP contribution is -2.43. The monoisotopic (exact) mass is 374 g/mol. The molecule has 0 aliphatic carbocycles. The number of hydrogen-bond acceptors (Lipinski definition) is 5. The predicted molar refractivity (Wildman–Crippen MR) is 105 cm³/mol. The van der Waals surface area contributed by atoms with Gasteiger partial charge in [0, 0.05) is 50.9 Å². The number of nitrogens with one attached hydrogen (secondary N) is 2. The van der Waals surface area contributed by atoms with Gasteiger partial charge >= 0.3 is 0 Å². The zero-order valence-corrected chi connectivity index (χ0v) is 16.2. The van der Waals surface area contributed by atoms with Crippen LogP contribution in [0.4, 0.5) is 5.69 Å². The number of likely N-dealkylation sites (tertiary alicyclic amines) is 1. The third-order valence-corrected chi connectivity index (χ3v) is 5.68. The second-order valence-corrected chi connectivity index (χ2v) is 7.25. The van der Waals surface area contributed by atoms with E-state index in [1.165, 1.54) is 0 Å². The third kappa shape index (κ3) is 4.78. The van der Waals surface area contributed by atoms with E-state index in [2.05, 4.69) is 20.4 Å². The summed E-state index contributed by atoms with van der Waals surface area (Å²) in [6.07, 6.45) is 2.48. The van der Waals surface area contributed by atoms with E-state index >= 15 is 0 Å². The van der Waals surface area contributed by atoms with Crippen molar-refractivity contribution in [2.45, 2.75) is 31.3 Å².